The van der Waals surface area contributed by atoms with E-state index in [1.165, 1.54) is 0 Å². The fraction of sp³-hybridized carbons (Fsp3) is 0.263. The number of nitrogens with zero attached hydrogens (tertiary/aromatic N) is 3. The summed E-state index contributed by atoms with van der Waals surface area (Å²) in [5.74, 6) is 1.55. The van der Waals surface area contributed by atoms with Crippen LogP contribution in [0.2, 0.25) is 0 Å². The molecule has 6 nitrogen and oxygen atoms in total. The summed E-state index contributed by atoms with van der Waals surface area (Å²) in [5, 5.41) is 2.07. The molecule has 0 unspecified atom stereocenters. The van der Waals surface area contributed by atoms with Gasteiger partial charge in [-0.2, -0.15) is 0 Å². The Kier molecular flexibility index (Phi) is 6.04. The lowest BCUT2D eigenvalue weighted by Gasteiger charge is -2.13. The summed E-state index contributed by atoms with van der Waals surface area (Å²) < 4.78 is 18.3. The van der Waals surface area contributed by atoms with E-state index in [0.29, 0.717) is 13.2 Å². The molecule has 0 fully saturated rings. The first kappa shape index (κ1) is 18.2. The number of methoxy groups -OCH3 is 3. The van der Waals surface area contributed by atoms with Crippen molar-refractivity contribution in [1.82, 2.24) is 9.55 Å². The molecule has 1 aromatic carbocycles. The summed E-state index contributed by atoms with van der Waals surface area (Å²) in [7, 11) is 5.01. The zero-order chi connectivity index (χ0) is 18.4. The fourth-order valence-electron chi connectivity index (χ4n) is 2.58. The zero-order valence-corrected chi connectivity index (χ0v) is 15.8. The highest BCUT2D eigenvalue weighted by atomic mass is 32.1. The number of hydrogen-bond donors (Lipinski definition) is 0. The summed E-state index contributed by atoms with van der Waals surface area (Å²) in [6.45, 7) is 1.25. The SMILES string of the molecule is COCCn1c(-c2cc(OC)ccc2OC)csc1=Nc1cccnc1. The van der Waals surface area contributed by atoms with Crippen LogP contribution in [0.15, 0.2) is 53.1 Å². The Bertz CT molecular complexity index is 919. The lowest BCUT2D eigenvalue weighted by molar-refractivity contribution is 0.187. The number of rotatable bonds is 7. The largest absolute Gasteiger partial charge is 0.497 e. The highest BCUT2D eigenvalue weighted by molar-refractivity contribution is 7.07. The summed E-state index contributed by atoms with van der Waals surface area (Å²) in [6, 6.07) is 9.56. The predicted molar refractivity (Wildman–Crippen MR) is 102 cm³/mol. The van der Waals surface area contributed by atoms with E-state index in [4.69, 9.17) is 19.2 Å². The number of pyridine rings is 1. The molecule has 0 amide bonds. The Morgan fingerprint density at radius 1 is 1.15 bits per heavy atom. The monoisotopic (exact) mass is 371 g/mol. The molecule has 0 aliphatic heterocycles. The van der Waals surface area contributed by atoms with Crippen LogP contribution in [0.1, 0.15) is 0 Å². The molecule has 7 heteroatoms. The Labute approximate surface area is 156 Å². The van der Waals surface area contributed by atoms with Crippen molar-refractivity contribution in [1.29, 1.82) is 0 Å². The second-order valence-electron chi connectivity index (χ2n) is 5.44. The van der Waals surface area contributed by atoms with Gasteiger partial charge in [0.15, 0.2) is 4.80 Å². The first-order valence-corrected chi connectivity index (χ1v) is 8.99. The first-order valence-electron chi connectivity index (χ1n) is 8.11. The average molecular weight is 371 g/mol. The molecular formula is C19H21N3O3S. The van der Waals surface area contributed by atoms with Gasteiger partial charge in [-0.3, -0.25) is 4.98 Å². The Morgan fingerprint density at radius 3 is 2.73 bits per heavy atom. The van der Waals surface area contributed by atoms with Gasteiger partial charge >= 0.3 is 0 Å². The molecule has 0 spiro atoms. The third-order valence-electron chi connectivity index (χ3n) is 3.87. The van der Waals surface area contributed by atoms with Gasteiger partial charge in [-0.25, -0.2) is 4.99 Å². The van der Waals surface area contributed by atoms with E-state index >= 15 is 0 Å². The van der Waals surface area contributed by atoms with Gasteiger partial charge in [-0.1, -0.05) is 0 Å². The van der Waals surface area contributed by atoms with Crippen LogP contribution >= 0.6 is 11.3 Å². The molecule has 0 aliphatic rings. The van der Waals surface area contributed by atoms with Crippen molar-refractivity contribution in [2.45, 2.75) is 6.54 Å². The molecule has 2 heterocycles. The fourth-order valence-corrected chi connectivity index (χ4v) is 3.52. The lowest BCUT2D eigenvalue weighted by atomic mass is 10.1. The molecule has 3 aromatic rings. The van der Waals surface area contributed by atoms with Crippen LogP contribution in [0.4, 0.5) is 5.69 Å². The van der Waals surface area contributed by atoms with Crippen LogP contribution < -0.4 is 14.3 Å². The Hall–Kier alpha value is -2.64. The van der Waals surface area contributed by atoms with Crippen LogP contribution in [-0.2, 0) is 11.3 Å². The number of ether oxygens (including phenoxy) is 3. The average Bonchev–Trinajstić information content (AvgIpc) is 3.08. The zero-order valence-electron chi connectivity index (χ0n) is 15.0. The third kappa shape index (κ3) is 3.95. The summed E-state index contributed by atoms with van der Waals surface area (Å²) >= 11 is 1.57. The highest BCUT2D eigenvalue weighted by Crippen LogP contribution is 2.33. The maximum Gasteiger partial charge on any atom is 0.190 e. The number of benzene rings is 1. The van der Waals surface area contributed by atoms with Crippen molar-refractivity contribution in [2.75, 3.05) is 27.9 Å². The smallest absolute Gasteiger partial charge is 0.190 e. The van der Waals surface area contributed by atoms with E-state index < -0.39 is 0 Å². The minimum atomic E-state index is 0.580. The van der Waals surface area contributed by atoms with Gasteiger partial charge in [0.2, 0.25) is 0 Å². The van der Waals surface area contributed by atoms with Crippen molar-refractivity contribution in [3.05, 3.63) is 52.9 Å². The second kappa shape index (κ2) is 8.64. The van der Waals surface area contributed by atoms with E-state index in [2.05, 4.69) is 14.9 Å². The Balaban J connectivity index is 2.15. The van der Waals surface area contributed by atoms with Gasteiger partial charge in [-0.05, 0) is 30.3 Å². The second-order valence-corrected chi connectivity index (χ2v) is 6.27. The molecule has 26 heavy (non-hydrogen) atoms. The minimum absolute atomic E-state index is 0.580. The standard InChI is InChI=1S/C19H21N3O3S/c1-23-10-9-22-17(16-11-15(24-2)6-7-18(16)25-3)13-26-19(22)21-14-5-4-8-20-12-14/h4-8,11-13H,9-10H2,1-3H3. The van der Waals surface area contributed by atoms with Gasteiger partial charge in [0.05, 0.1) is 38.4 Å². The van der Waals surface area contributed by atoms with Crippen LogP contribution in [-0.4, -0.2) is 37.5 Å². The predicted octanol–water partition coefficient (Wildman–Crippen LogP) is 3.51. The molecule has 0 N–H and O–H groups in total. The summed E-state index contributed by atoms with van der Waals surface area (Å²) in [4.78, 5) is 9.73. The summed E-state index contributed by atoms with van der Waals surface area (Å²) in [6.07, 6.45) is 3.48. The van der Waals surface area contributed by atoms with Crippen LogP contribution in [0.25, 0.3) is 11.3 Å². The van der Waals surface area contributed by atoms with E-state index in [9.17, 15) is 0 Å². The molecule has 136 valence electrons. The highest BCUT2D eigenvalue weighted by Gasteiger charge is 2.14. The van der Waals surface area contributed by atoms with Crippen molar-refractivity contribution >= 4 is 17.0 Å². The molecule has 2 aromatic heterocycles. The van der Waals surface area contributed by atoms with Gasteiger partial charge in [0.1, 0.15) is 11.5 Å². The minimum Gasteiger partial charge on any atom is -0.497 e. The molecule has 0 radical (unpaired) electrons. The van der Waals surface area contributed by atoms with Crippen molar-refractivity contribution in [3.8, 4) is 22.8 Å². The van der Waals surface area contributed by atoms with Crippen LogP contribution in [0.5, 0.6) is 11.5 Å². The first-order chi connectivity index (χ1) is 12.8. The van der Waals surface area contributed by atoms with Crippen LogP contribution in [0, 0.1) is 0 Å². The molecular weight excluding hydrogens is 350 g/mol. The summed E-state index contributed by atoms with van der Waals surface area (Å²) in [5.41, 5.74) is 2.77. The topological polar surface area (TPSA) is 57.9 Å². The quantitative estimate of drug-likeness (QED) is 0.638. The van der Waals surface area contributed by atoms with Crippen LogP contribution in [0.3, 0.4) is 0 Å². The molecule has 3 rings (SSSR count). The van der Waals surface area contributed by atoms with Gasteiger partial charge < -0.3 is 18.8 Å². The molecule has 0 atom stereocenters. The van der Waals surface area contributed by atoms with Gasteiger partial charge in [0, 0.05) is 30.8 Å². The third-order valence-corrected chi connectivity index (χ3v) is 4.73. The maximum absolute atomic E-state index is 5.55. The van der Waals surface area contributed by atoms with Crippen molar-refractivity contribution in [3.63, 3.8) is 0 Å². The number of thiazole rings is 1. The molecule has 0 saturated carbocycles. The molecule has 0 bridgehead atoms. The van der Waals surface area contributed by atoms with E-state index in [0.717, 1.165) is 33.2 Å². The van der Waals surface area contributed by atoms with Gasteiger partial charge in [0.25, 0.3) is 0 Å². The van der Waals surface area contributed by atoms with Crippen molar-refractivity contribution in [2.24, 2.45) is 4.99 Å². The lowest BCUT2D eigenvalue weighted by Crippen LogP contribution is -2.18. The number of aromatic nitrogens is 2. The maximum atomic E-state index is 5.55. The Morgan fingerprint density at radius 2 is 2.04 bits per heavy atom. The van der Waals surface area contributed by atoms with E-state index in [1.807, 2.05) is 30.3 Å². The number of hydrogen-bond acceptors (Lipinski definition) is 6. The van der Waals surface area contributed by atoms with E-state index in [-0.39, 0.29) is 0 Å². The normalized spacial score (nSPS) is 11.6. The molecule has 0 aliphatic carbocycles. The molecule has 0 saturated heterocycles. The van der Waals surface area contributed by atoms with E-state index in [1.54, 1.807) is 45.1 Å². The van der Waals surface area contributed by atoms with Crippen molar-refractivity contribution < 1.29 is 14.2 Å². The van der Waals surface area contributed by atoms with Gasteiger partial charge in [-0.15, -0.1) is 11.3 Å².